The number of hydrogen-bond acceptors (Lipinski definition) is 4. The van der Waals surface area contributed by atoms with Gasteiger partial charge >= 0.3 is 6.18 Å². The number of benzene rings is 2. The maximum absolute atomic E-state index is 13.2. The zero-order valence-corrected chi connectivity index (χ0v) is 16.3. The molecule has 0 aliphatic heterocycles. The summed E-state index contributed by atoms with van der Waals surface area (Å²) in [7, 11) is 0. The van der Waals surface area contributed by atoms with Gasteiger partial charge in [-0.2, -0.15) is 13.2 Å². The number of alkyl halides is 3. The summed E-state index contributed by atoms with van der Waals surface area (Å²) in [5.41, 5.74) is 2.73. The molecule has 0 saturated heterocycles. The summed E-state index contributed by atoms with van der Waals surface area (Å²) in [5, 5.41) is 2.82. The Morgan fingerprint density at radius 1 is 1.04 bits per heavy atom. The topological polar surface area (TPSA) is 54.9 Å². The van der Waals surface area contributed by atoms with E-state index in [1.165, 1.54) is 6.07 Å². The number of aromatic nitrogens is 2. The monoisotopic (exact) mass is 405 g/mol. The molecule has 1 heterocycles. The number of nitrogens with one attached hydrogen (secondary N) is 1. The number of amides is 1. The van der Waals surface area contributed by atoms with Crippen molar-refractivity contribution >= 4 is 34.3 Å². The fourth-order valence-corrected chi connectivity index (χ4v) is 3.66. The fraction of sp³-hybridized carbons (Fsp3) is 0.250. The summed E-state index contributed by atoms with van der Waals surface area (Å²) >= 11 is 0.979. The smallest absolute Gasteiger partial charge is 0.325 e. The maximum Gasteiger partial charge on any atom is 0.451 e. The molecule has 0 aliphatic carbocycles. The summed E-state index contributed by atoms with van der Waals surface area (Å²) < 4.78 is 39.5. The number of carbonyl (C=O) groups is 1. The Bertz CT molecular complexity index is 1020. The number of anilines is 1. The lowest BCUT2D eigenvalue weighted by Gasteiger charge is -2.16. The second-order valence-electron chi connectivity index (χ2n) is 6.38. The van der Waals surface area contributed by atoms with E-state index in [1.807, 2.05) is 32.0 Å². The van der Waals surface area contributed by atoms with Gasteiger partial charge in [0.1, 0.15) is 5.03 Å². The van der Waals surface area contributed by atoms with Gasteiger partial charge < -0.3 is 5.32 Å². The third-order valence-electron chi connectivity index (χ3n) is 4.21. The van der Waals surface area contributed by atoms with Crippen molar-refractivity contribution in [3.63, 3.8) is 0 Å². The van der Waals surface area contributed by atoms with Crippen LogP contribution >= 0.6 is 11.8 Å². The van der Waals surface area contributed by atoms with Crippen molar-refractivity contribution in [3.05, 3.63) is 59.4 Å². The predicted molar refractivity (Wildman–Crippen MR) is 104 cm³/mol. The van der Waals surface area contributed by atoms with Gasteiger partial charge in [0.15, 0.2) is 0 Å². The van der Waals surface area contributed by atoms with Gasteiger partial charge in [0, 0.05) is 11.1 Å². The van der Waals surface area contributed by atoms with E-state index in [0.717, 1.165) is 22.9 Å². The summed E-state index contributed by atoms with van der Waals surface area (Å²) in [6.07, 6.45) is -4.66. The van der Waals surface area contributed by atoms with Crippen molar-refractivity contribution in [1.82, 2.24) is 9.97 Å². The highest BCUT2D eigenvalue weighted by Gasteiger charge is 2.36. The first kappa shape index (κ1) is 20.1. The maximum atomic E-state index is 13.2. The van der Waals surface area contributed by atoms with Gasteiger partial charge in [-0.15, -0.1) is 0 Å². The van der Waals surface area contributed by atoms with Gasteiger partial charge in [-0.3, -0.25) is 4.79 Å². The second kappa shape index (κ2) is 7.79. The number of carbonyl (C=O) groups excluding carboxylic acids is 1. The molecule has 28 heavy (non-hydrogen) atoms. The van der Waals surface area contributed by atoms with E-state index in [0.29, 0.717) is 11.1 Å². The molecular formula is C20H18F3N3OS. The Kier molecular flexibility index (Phi) is 5.60. The number of thioether (sulfide) groups is 1. The first-order valence-corrected chi connectivity index (χ1v) is 9.42. The average molecular weight is 405 g/mol. The molecule has 146 valence electrons. The quantitative estimate of drug-likeness (QED) is 0.467. The van der Waals surface area contributed by atoms with E-state index in [1.54, 1.807) is 25.1 Å². The van der Waals surface area contributed by atoms with Crippen LogP contribution in [0, 0.1) is 13.8 Å². The number of nitrogens with zero attached hydrogens (tertiary/aromatic N) is 2. The number of rotatable bonds is 4. The summed E-state index contributed by atoms with van der Waals surface area (Å²) in [6.45, 7) is 5.40. The highest BCUT2D eigenvalue weighted by atomic mass is 32.2. The molecule has 1 N–H and O–H groups in total. The van der Waals surface area contributed by atoms with Gasteiger partial charge in [-0.25, -0.2) is 9.97 Å². The van der Waals surface area contributed by atoms with Crippen LogP contribution in [-0.2, 0) is 11.0 Å². The van der Waals surface area contributed by atoms with Gasteiger partial charge in [0.2, 0.25) is 11.7 Å². The Balaban J connectivity index is 1.90. The van der Waals surface area contributed by atoms with Crippen molar-refractivity contribution in [2.45, 2.75) is 37.2 Å². The first-order chi connectivity index (χ1) is 13.2. The fourth-order valence-electron chi connectivity index (χ4n) is 2.72. The minimum Gasteiger partial charge on any atom is -0.325 e. The van der Waals surface area contributed by atoms with E-state index in [9.17, 15) is 18.0 Å². The van der Waals surface area contributed by atoms with Crippen LogP contribution in [0.2, 0.25) is 0 Å². The van der Waals surface area contributed by atoms with E-state index in [4.69, 9.17) is 0 Å². The molecule has 0 unspecified atom stereocenters. The van der Waals surface area contributed by atoms with Crippen LogP contribution in [0.1, 0.15) is 23.9 Å². The van der Waals surface area contributed by atoms with Crippen LogP contribution in [0.25, 0.3) is 10.9 Å². The molecular weight excluding hydrogens is 387 g/mol. The molecule has 3 rings (SSSR count). The van der Waals surface area contributed by atoms with Crippen molar-refractivity contribution < 1.29 is 18.0 Å². The van der Waals surface area contributed by atoms with Crippen LogP contribution in [0.4, 0.5) is 18.9 Å². The third-order valence-corrected chi connectivity index (χ3v) is 5.31. The zero-order valence-electron chi connectivity index (χ0n) is 15.5. The van der Waals surface area contributed by atoms with E-state index >= 15 is 0 Å². The first-order valence-electron chi connectivity index (χ1n) is 8.54. The highest BCUT2D eigenvalue weighted by Crippen LogP contribution is 2.34. The van der Waals surface area contributed by atoms with Gasteiger partial charge in [0.25, 0.3) is 0 Å². The zero-order chi connectivity index (χ0) is 20.5. The van der Waals surface area contributed by atoms with Gasteiger partial charge in [0.05, 0.1) is 10.8 Å². The lowest BCUT2D eigenvalue weighted by Crippen LogP contribution is -2.23. The molecule has 1 aromatic heterocycles. The Morgan fingerprint density at radius 3 is 2.32 bits per heavy atom. The Morgan fingerprint density at radius 2 is 1.68 bits per heavy atom. The lowest BCUT2D eigenvalue weighted by atomic mass is 10.1. The Labute approximate surface area is 164 Å². The molecule has 0 aliphatic rings. The average Bonchev–Trinajstić information content (AvgIpc) is 2.63. The minimum atomic E-state index is -4.66. The Hall–Kier alpha value is -2.61. The number of halogens is 3. The van der Waals surface area contributed by atoms with Crippen LogP contribution in [-0.4, -0.2) is 21.1 Å². The minimum absolute atomic E-state index is 0.127. The van der Waals surface area contributed by atoms with Crippen molar-refractivity contribution in [2.75, 3.05) is 5.32 Å². The van der Waals surface area contributed by atoms with Crippen molar-refractivity contribution in [3.8, 4) is 0 Å². The van der Waals surface area contributed by atoms with Crippen molar-refractivity contribution in [1.29, 1.82) is 0 Å². The van der Waals surface area contributed by atoms with E-state index in [-0.39, 0.29) is 16.4 Å². The number of aryl methyl sites for hydroxylation is 2. The molecule has 1 atom stereocenters. The molecule has 0 radical (unpaired) electrons. The van der Waals surface area contributed by atoms with Crippen LogP contribution in [0.3, 0.4) is 0 Å². The van der Waals surface area contributed by atoms with E-state index < -0.39 is 17.3 Å². The molecule has 2 aromatic carbocycles. The van der Waals surface area contributed by atoms with E-state index in [2.05, 4.69) is 15.3 Å². The summed E-state index contributed by atoms with van der Waals surface area (Å²) in [4.78, 5) is 19.9. The molecule has 0 spiro atoms. The molecule has 8 heteroatoms. The van der Waals surface area contributed by atoms with Crippen molar-refractivity contribution in [2.24, 2.45) is 0 Å². The SMILES string of the molecule is Cc1cccc(C)c1NC(=O)[C@@H](C)Sc1nc(C(F)(F)F)nc2ccccc12. The molecule has 1 amide bonds. The number of para-hydroxylation sites is 2. The van der Waals surface area contributed by atoms with Crippen LogP contribution < -0.4 is 5.32 Å². The summed E-state index contributed by atoms with van der Waals surface area (Å²) in [5.74, 6) is -1.52. The highest BCUT2D eigenvalue weighted by molar-refractivity contribution is 8.00. The van der Waals surface area contributed by atoms with Gasteiger partial charge in [-0.1, -0.05) is 48.2 Å². The number of hydrogen-bond donors (Lipinski definition) is 1. The largest absolute Gasteiger partial charge is 0.451 e. The molecule has 0 saturated carbocycles. The summed E-state index contributed by atoms with van der Waals surface area (Å²) in [6, 6.07) is 12.1. The normalized spacial score (nSPS) is 12.8. The van der Waals surface area contributed by atoms with Crippen LogP contribution in [0.5, 0.6) is 0 Å². The standard InChI is InChI=1S/C20H18F3N3OS/c1-11-7-6-8-12(2)16(11)25-17(27)13(3)28-18-14-9-4-5-10-15(14)24-19(26-18)20(21,22)23/h4-10,13H,1-3H3,(H,25,27)/t13-/m1/s1. The number of fused-ring (bicyclic) bond motifs is 1. The van der Waals surface area contributed by atoms with Crippen LogP contribution in [0.15, 0.2) is 47.5 Å². The lowest BCUT2D eigenvalue weighted by molar-refractivity contribution is -0.145. The third kappa shape index (κ3) is 4.27. The second-order valence-corrected chi connectivity index (χ2v) is 7.71. The predicted octanol–water partition coefficient (Wildman–Crippen LogP) is 5.38. The molecule has 0 fully saturated rings. The molecule has 3 aromatic rings. The molecule has 0 bridgehead atoms. The van der Waals surface area contributed by atoms with Gasteiger partial charge in [-0.05, 0) is 38.0 Å². The molecule has 4 nitrogen and oxygen atoms in total.